The molecule has 1 aromatic heterocycles. The molecule has 1 aromatic rings. The molecule has 2 rings (SSSR count). The Morgan fingerprint density at radius 2 is 1.93 bits per heavy atom. The van der Waals surface area contributed by atoms with Crippen molar-refractivity contribution in [2.24, 2.45) is 4.99 Å². The highest BCUT2D eigenvalue weighted by atomic mass is 127. The second-order valence-corrected chi connectivity index (χ2v) is 8.02. The Morgan fingerprint density at radius 1 is 1.22 bits per heavy atom. The second-order valence-electron chi connectivity index (χ2n) is 8.02. The number of aryl methyl sites for hydroxylation is 1. The van der Waals surface area contributed by atoms with Crippen LogP contribution in [0.25, 0.3) is 0 Å². The van der Waals surface area contributed by atoms with Crippen LogP contribution in [-0.2, 0) is 6.42 Å². The number of aliphatic imine (C=N–C) groups is 1. The smallest absolute Gasteiger partial charge is 0.226 e. The van der Waals surface area contributed by atoms with Crippen molar-refractivity contribution in [3.8, 4) is 0 Å². The highest BCUT2D eigenvalue weighted by Gasteiger charge is 2.27. The van der Waals surface area contributed by atoms with Crippen LogP contribution in [-0.4, -0.2) is 59.8 Å². The average Bonchev–Trinajstić information content (AvgIpc) is 3.11. The summed E-state index contributed by atoms with van der Waals surface area (Å²) in [6, 6.07) is 0. The third-order valence-corrected chi connectivity index (χ3v) is 4.98. The minimum atomic E-state index is 0. The molecule has 0 unspecified atom stereocenters. The molecular formula is C19H37IN6O. The summed E-state index contributed by atoms with van der Waals surface area (Å²) in [7, 11) is 1.82. The molecule has 1 aliphatic heterocycles. The third kappa shape index (κ3) is 7.93. The minimum Gasteiger partial charge on any atom is -0.356 e. The van der Waals surface area contributed by atoms with Gasteiger partial charge in [0.15, 0.2) is 11.8 Å². The first kappa shape index (κ1) is 24.1. The fourth-order valence-electron chi connectivity index (χ4n) is 3.18. The van der Waals surface area contributed by atoms with Crippen molar-refractivity contribution in [1.82, 2.24) is 25.7 Å². The number of hydrogen-bond acceptors (Lipinski definition) is 5. The number of aromatic nitrogens is 2. The Kier molecular flexibility index (Phi) is 10.6. The van der Waals surface area contributed by atoms with Gasteiger partial charge in [0.25, 0.3) is 0 Å². The van der Waals surface area contributed by atoms with Crippen molar-refractivity contribution < 1.29 is 4.52 Å². The first-order valence-corrected chi connectivity index (χ1v) is 9.94. The molecule has 0 amide bonds. The average molecular weight is 492 g/mol. The van der Waals surface area contributed by atoms with Crippen LogP contribution in [0, 0.1) is 0 Å². The summed E-state index contributed by atoms with van der Waals surface area (Å²) >= 11 is 0. The van der Waals surface area contributed by atoms with Gasteiger partial charge < -0.3 is 15.2 Å². The first-order chi connectivity index (χ1) is 12.4. The van der Waals surface area contributed by atoms with E-state index in [1.807, 2.05) is 7.05 Å². The zero-order valence-electron chi connectivity index (χ0n) is 17.5. The molecule has 156 valence electrons. The van der Waals surface area contributed by atoms with Gasteiger partial charge in [0.05, 0.1) is 0 Å². The minimum absolute atomic E-state index is 0. The van der Waals surface area contributed by atoms with Gasteiger partial charge in [-0.05, 0) is 46.2 Å². The number of piperidine rings is 1. The predicted octanol–water partition coefficient (Wildman–Crippen LogP) is 3.17. The van der Waals surface area contributed by atoms with Gasteiger partial charge in [-0.15, -0.1) is 24.0 Å². The summed E-state index contributed by atoms with van der Waals surface area (Å²) in [4.78, 5) is 11.3. The number of nitrogens with zero attached hydrogens (tertiary/aromatic N) is 4. The fourth-order valence-corrected chi connectivity index (χ4v) is 3.18. The SMILES string of the molecule is CN=C(NCCCc1nc(C(C)C)no1)NCC(C)(C)N1CCCCC1.I. The molecule has 0 spiro atoms. The molecule has 0 aromatic carbocycles. The number of guanidine groups is 1. The molecule has 1 fully saturated rings. The van der Waals surface area contributed by atoms with E-state index in [2.05, 4.69) is 58.4 Å². The van der Waals surface area contributed by atoms with E-state index in [9.17, 15) is 0 Å². The van der Waals surface area contributed by atoms with Gasteiger partial charge in [0.1, 0.15) is 0 Å². The van der Waals surface area contributed by atoms with Crippen molar-refractivity contribution in [3.05, 3.63) is 11.7 Å². The maximum Gasteiger partial charge on any atom is 0.226 e. The van der Waals surface area contributed by atoms with Gasteiger partial charge in [-0.25, -0.2) is 0 Å². The molecule has 0 saturated carbocycles. The number of hydrogen-bond donors (Lipinski definition) is 2. The second kappa shape index (κ2) is 11.8. The Hall–Kier alpha value is -0.900. The van der Waals surface area contributed by atoms with Gasteiger partial charge in [-0.1, -0.05) is 25.4 Å². The standard InChI is InChI=1S/C19H36N6O.HI/c1-15(2)17-23-16(26-24-17)10-9-11-21-18(20-5)22-14-19(3,4)25-12-7-6-8-13-25;/h15H,6-14H2,1-5H3,(H2,20,21,22);1H. The molecule has 7 nitrogen and oxygen atoms in total. The normalized spacial score (nSPS) is 16.3. The highest BCUT2D eigenvalue weighted by molar-refractivity contribution is 14.0. The van der Waals surface area contributed by atoms with Crippen LogP contribution >= 0.6 is 24.0 Å². The Bertz CT molecular complexity index is 566. The monoisotopic (exact) mass is 492 g/mol. The third-order valence-electron chi connectivity index (χ3n) is 4.98. The van der Waals surface area contributed by atoms with Crippen molar-refractivity contribution in [1.29, 1.82) is 0 Å². The quantitative estimate of drug-likeness (QED) is 0.251. The van der Waals surface area contributed by atoms with E-state index in [0.717, 1.165) is 37.7 Å². The van der Waals surface area contributed by atoms with Crippen molar-refractivity contribution >= 4 is 29.9 Å². The van der Waals surface area contributed by atoms with Crippen molar-refractivity contribution in [2.45, 2.75) is 71.3 Å². The van der Waals surface area contributed by atoms with Crippen LogP contribution in [0.2, 0.25) is 0 Å². The fraction of sp³-hybridized carbons (Fsp3) is 0.842. The number of rotatable bonds is 8. The Balaban J connectivity index is 0.00000364. The van der Waals surface area contributed by atoms with Crippen LogP contribution < -0.4 is 10.6 Å². The van der Waals surface area contributed by atoms with Gasteiger partial charge in [-0.2, -0.15) is 4.98 Å². The molecule has 0 bridgehead atoms. The lowest BCUT2D eigenvalue weighted by Crippen LogP contribution is -2.54. The Morgan fingerprint density at radius 3 is 2.52 bits per heavy atom. The molecule has 8 heteroatoms. The van der Waals surface area contributed by atoms with Gasteiger partial charge >= 0.3 is 0 Å². The molecule has 2 N–H and O–H groups in total. The Labute approximate surface area is 181 Å². The largest absolute Gasteiger partial charge is 0.356 e. The summed E-state index contributed by atoms with van der Waals surface area (Å²) in [6.45, 7) is 12.8. The van der Waals surface area contributed by atoms with Crippen LogP contribution in [0.3, 0.4) is 0 Å². The summed E-state index contributed by atoms with van der Waals surface area (Å²) in [5.41, 5.74) is 0.134. The van der Waals surface area contributed by atoms with Crippen LogP contribution in [0.5, 0.6) is 0 Å². The summed E-state index contributed by atoms with van der Waals surface area (Å²) < 4.78 is 5.28. The van der Waals surface area contributed by atoms with Gasteiger partial charge in [0.2, 0.25) is 5.89 Å². The van der Waals surface area contributed by atoms with Crippen LogP contribution in [0.1, 0.15) is 71.0 Å². The molecular weight excluding hydrogens is 455 g/mol. The van der Waals surface area contributed by atoms with E-state index >= 15 is 0 Å². The number of nitrogens with one attached hydrogen (secondary N) is 2. The van der Waals surface area contributed by atoms with Crippen molar-refractivity contribution in [3.63, 3.8) is 0 Å². The highest BCUT2D eigenvalue weighted by Crippen LogP contribution is 2.19. The van der Waals surface area contributed by atoms with E-state index in [4.69, 9.17) is 4.52 Å². The van der Waals surface area contributed by atoms with E-state index in [1.165, 1.54) is 32.4 Å². The zero-order chi connectivity index (χ0) is 19.0. The van der Waals surface area contributed by atoms with E-state index in [1.54, 1.807) is 0 Å². The molecule has 0 atom stereocenters. The molecule has 0 aliphatic carbocycles. The van der Waals surface area contributed by atoms with E-state index in [0.29, 0.717) is 11.8 Å². The lowest BCUT2D eigenvalue weighted by Gasteiger charge is -2.41. The zero-order valence-corrected chi connectivity index (χ0v) is 19.9. The maximum absolute atomic E-state index is 5.28. The molecule has 27 heavy (non-hydrogen) atoms. The number of halogens is 1. The summed E-state index contributed by atoms with van der Waals surface area (Å²) in [6.07, 6.45) is 5.69. The lowest BCUT2D eigenvalue weighted by molar-refractivity contribution is 0.0982. The van der Waals surface area contributed by atoms with E-state index < -0.39 is 0 Å². The molecule has 0 radical (unpaired) electrons. The maximum atomic E-state index is 5.28. The van der Waals surface area contributed by atoms with E-state index in [-0.39, 0.29) is 29.5 Å². The molecule has 1 aliphatic rings. The molecule has 2 heterocycles. The van der Waals surface area contributed by atoms with Gasteiger partial charge in [0, 0.05) is 38.0 Å². The lowest BCUT2D eigenvalue weighted by atomic mass is 9.98. The van der Waals surface area contributed by atoms with Crippen LogP contribution in [0.4, 0.5) is 0 Å². The summed E-state index contributed by atoms with van der Waals surface area (Å²) in [5.74, 6) is 2.65. The van der Waals surface area contributed by atoms with Crippen LogP contribution in [0.15, 0.2) is 9.52 Å². The number of likely N-dealkylation sites (tertiary alicyclic amines) is 1. The van der Waals surface area contributed by atoms with Gasteiger partial charge in [-0.3, -0.25) is 9.89 Å². The molecule has 1 saturated heterocycles. The first-order valence-electron chi connectivity index (χ1n) is 9.94. The summed E-state index contributed by atoms with van der Waals surface area (Å²) in [5, 5.41) is 10.8. The predicted molar refractivity (Wildman–Crippen MR) is 121 cm³/mol. The topological polar surface area (TPSA) is 78.6 Å². The van der Waals surface area contributed by atoms with Crippen molar-refractivity contribution in [2.75, 3.05) is 33.2 Å².